The molecule has 2 saturated heterocycles. The average molecular weight is 405 g/mol. The molecule has 30 heavy (non-hydrogen) atoms. The lowest BCUT2D eigenvalue weighted by Crippen LogP contribution is -2.35. The number of amides is 1. The van der Waals surface area contributed by atoms with Crippen molar-refractivity contribution in [3.05, 3.63) is 70.8 Å². The number of hydrogen-bond donors (Lipinski definition) is 1. The second-order valence-corrected chi connectivity index (χ2v) is 8.38. The summed E-state index contributed by atoms with van der Waals surface area (Å²) in [6.45, 7) is 6.96. The van der Waals surface area contributed by atoms with E-state index in [4.69, 9.17) is 4.74 Å². The van der Waals surface area contributed by atoms with Crippen LogP contribution in [0.25, 0.3) is 0 Å². The second kappa shape index (κ2) is 9.01. The quantitative estimate of drug-likeness (QED) is 0.795. The van der Waals surface area contributed by atoms with Crippen molar-refractivity contribution in [2.45, 2.75) is 25.3 Å². The Morgan fingerprint density at radius 2 is 1.60 bits per heavy atom. The van der Waals surface area contributed by atoms with Gasteiger partial charge in [0.05, 0.1) is 13.2 Å². The number of ether oxygens (including phenoxy) is 1. The topological polar surface area (TPSA) is 53.0 Å². The van der Waals surface area contributed by atoms with E-state index in [1.807, 2.05) is 24.3 Å². The van der Waals surface area contributed by atoms with Gasteiger partial charge < -0.3 is 14.7 Å². The molecule has 1 atom stereocenters. The number of rotatable bonds is 4. The highest BCUT2D eigenvalue weighted by atomic mass is 16.5. The number of nitrogens with zero attached hydrogens (tertiary/aromatic N) is 2. The molecule has 2 aliphatic heterocycles. The summed E-state index contributed by atoms with van der Waals surface area (Å²) in [5, 5.41) is 9.32. The lowest BCUT2D eigenvalue weighted by atomic mass is 9.81. The van der Waals surface area contributed by atoms with E-state index in [-0.39, 0.29) is 18.1 Å². The molecule has 0 aliphatic carbocycles. The number of benzene rings is 2. The Balaban J connectivity index is 1.39. The number of likely N-dealkylation sites (tertiary alicyclic amines) is 1. The summed E-state index contributed by atoms with van der Waals surface area (Å²) in [4.78, 5) is 15.9. The molecule has 5 nitrogen and oxygen atoms in total. The fourth-order valence-corrected chi connectivity index (χ4v) is 4.14. The molecule has 0 radical (unpaired) electrons. The van der Waals surface area contributed by atoms with E-state index in [0.717, 1.165) is 49.5 Å². The standard InChI is InChI=1S/C25H28N2O3/c1-25(16-24(29)27(18-25)19-28)23-10-8-21(9-11-23)3-2-20-4-6-22(7-5-20)17-26-12-14-30-15-13-26/h4-11,28H,12-19H2,1H3. The van der Waals surface area contributed by atoms with Crippen molar-refractivity contribution in [3.63, 3.8) is 0 Å². The number of morpholine rings is 1. The Hall–Kier alpha value is -2.65. The average Bonchev–Trinajstić information content (AvgIpc) is 3.09. The second-order valence-electron chi connectivity index (χ2n) is 8.38. The maximum absolute atomic E-state index is 12.0. The van der Waals surface area contributed by atoms with E-state index in [0.29, 0.717) is 13.0 Å². The highest BCUT2D eigenvalue weighted by Gasteiger charge is 2.40. The molecule has 0 saturated carbocycles. The van der Waals surface area contributed by atoms with Gasteiger partial charge in [0.25, 0.3) is 0 Å². The fourth-order valence-electron chi connectivity index (χ4n) is 4.14. The first kappa shape index (κ1) is 20.6. The molecule has 2 aliphatic rings. The van der Waals surface area contributed by atoms with Gasteiger partial charge in [0.15, 0.2) is 0 Å². The Kier molecular flexibility index (Phi) is 6.19. The van der Waals surface area contributed by atoms with Crippen molar-refractivity contribution >= 4 is 5.91 Å². The number of carbonyl (C=O) groups excluding carboxylic acids is 1. The molecule has 156 valence electrons. The molecule has 0 bridgehead atoms. The van der Waals surface area contributed by atoms with Crippen LogP contribution < -0.4 is 0 Å². The first-order valence-electron chi connectivity index (χ1n) is 10.5. The third-order valence-corrected chi connectivity index (χ3v) is 6.00. The molecular weight excluding hydrogens is 376 g/mol. The molecule has 0 spiro atoms. The maximum Gasteiger partial charge on any atom is 0.225 e. The van der Waals surface area contributed by atoms with Gasteiger partial charge in [-0.25, -0.2) is 0 Å². The monoisotopic (exact) mass is 404 g/mol. The minimum atomic E-state index is -0.262. The van der Waals surface area contributed by atoms with Gasteiger partial charge in [-0.05, 0) is 35.4 Å². The van der Waals surface area contributed by atoms with E-state index in [1.165, 1.54) is 10.5 Å². The van der Waals surface area contributed by atoms with Crippen molar-refractivity contribution in [1.82, 2.24) is 9.80 Å². The van der Waals surface area contributed by atoms with Crippen LogP contribution in [0.15, 0.2) is 48.5 Å². The Morgan fingerprint density at radius 3 is 2.17 bits per heavy atom. The number of hydrogen-bond acceptors (Lipinski definition) is 4. The van der Waals surface area contributed by atoms with E-state index in [1.54, 1.807) is 0 Å². The summed E-state index contributed by atoms with van der Waals surface area (Å²) in [5.74, 6) is 6.46. The normalized spacial score (nSPS) is 22.1. The number of aliphatic hydroxyl groups excluding tert-OH is 1. The molecule has 2 aromatic rings. The molecule has 1 unspecified atom stereocenters. The van der Waals surface area contributed by atoms with Crippen LogP contribution >= 0.6 is 0 Å². The summed E-state index contributed by atoms with van der Waals surface area (Å²) in [5.41, 5.74) is 4.08. The van der Waals surface area contributed by atoms with Crippen LogP contribution in [0.1, 0.15) is 35.6 Å². The molecule has 2 heterocycles. The number of carbonyl (C=O) groups is 1. The molecule has 0 aromatic heterocycles. The van der Waals surface area contributed by atoms with Crippen molar-refractivity contribution in [1.29, 1.82) is 0 Å². The summed E-state index contributed by atoms with van der Waals surface area (Å²) >= 11 is 0. The van der Waals surface area contributed by atoms with Crippen molar-refractivity contribution in [2.75, 3.05) is 39.6 Å². The van der Waals surface area contributed by atoms with Gasteiger partial charge in [-0.3, -0.25) is 9.69 Å². The van der Waals surface area contributed by atoms with Crippen molar-refractivity contribution in [3.8, 4) is 11.8 Å². The van der Waals surface area contributed by atoms with Crippen LogP contribution in [0.5, 0.6) is 0 Å². The van der Waals surface area contributed by atoms with Gasteiger partial charge in [0.1, 0.15) is 6.73 Å². The van der Waals surface area contributed by atoms with Crippen LogP contribution in [0, 0.1) is 11.8 Å². The molecular formula is C25H28N2O3. The molecule has 5 heteroatoms. The molecule has 1 amide bonds. The van der Waals surface area contributed by atoms with Gasteiger partial charge in [0.2, 0.25) is 5.91 Å². The third-order valence-electron chi connectivity index (χ3n) is 6.00. The highest BCUT2D eigenvalue weighted by Crippen LogP contribution is 2.34. The lowest BCUT2D eigenvalue weighted by Gasteiger charge is -2.26. The van der Waals surface area contributed by atoms with E-state index >= 15 is 0 Å². The van der Waals surface area contributed by atoms with Crippen LogP contribution in [0.3, 0.4) is 0 Å². The first-order chi connectivity index (χ1) is 14.6. The zero-order valence-electron chi connectivity index (χ0n) is 17.4. The molecule has 2 fully saturated rings. The van der Waals surface area contributed by atoms with E-state index in [9.17, 15) is 9.90 Å². The predicted molar refractivity (Wildman–Crippen MR) is 116 cm³/mol. The van der Waals surface area contributed by atoms with Gasteiger partial charge in [-0.1, -0.05) is 43.0 Å². The van der Waals surface area contributed by atoms with Gasteiger partial charge >= 0.3 is 0 Å². The highest BCUT2D eigenvalue weighted by molar-refractivity contribution is 5.80. The fraction of sp³-hybridized carbons (Fsp3) is 0.400. The SMILES string of the molecule is CC1(c2ccc(C#Cc3ccc(CN4CCOCC4)cc3)cc2)CC(=O)N(CO)C1. The molecule has 4 rings (SSSR count). The summed E-state index contributed by atoms with van der Waals surface area (Å²) in [7, 11) is 0. The van der Waals surface area contributed by atoms with E-state index < -0.39 is 0 Å². The Labute approximate surface area is 178 Å². The van der Waals surface area contributed by atoms with Crippen molar-refractivity contribution < 1.29 is 14.6 Å². The summed E-state index contributed by atoms with van der Waals surface area (Å²) in [6.07, 6.45) is 0.426. The largest absolute Gasteiger partial charge is 0.379 e. The Morgan fingerprint density at radius 1 is 1.00 bits per heavy atom. The lowest BCUT2D eigenvalue weighted by molar-refractivity contribution is -0.130. The maximum atomic E-state index is 12.0. The minimum Gasteiger partial charge on any atom is -0.379 e. The van der Waals surface area contributed by atoms with Gasteiger partial charge in [0, 0.05) is 49.1 Å². The van der Waals surface area contributed by atoms with Gasteiger partial charge in [-0.15, -0.1) is 0 Å². The predicted octanol–water partition coefficient (Wildman–Crippen LogP) is 2.36. The molecule has 2 aromatic carbocycles. The van der Waals surface area contributed by atoms with Crippen LogP contribution in [-0.4, -0.2) is 60.4 Å². The zero-order valence-corrected chi connectivity index (χ0v) is 17.4. The first-order valence-corrected chi connectivity index (χ1v) is 10.5. The summed E-state index contributed by atoms with van der Waals surface area (Å²) < 4.78 is 5.40. The zero-order chi connectivity index (χ0) is 21.0. The van der Waals surface area contributed by atoms with Crippen LogP contribution in [0.2, 0.25) is 0 Å². The third kappa shape index (κ3) is 4.73. The number of aliphatic hydroxyl groups is 1. The smallest absolute Gasteiger partial charge is 0.225 e. The van der Waals surface area contributed by atoms with Crippen LogP contribution in [-0.2, 0) is 21.5 Å². The summed E-state index contributed by atoms with van der Waals surface area (Å²) in [6, 6.07) is 16.5. The van der Waals surface area contributed by atoms with Crippen molar-refractivity contribution in [2.24, 2.45) is 0 Å². The van der Waals surface area contributed by atoms with E-state index in [2.05, 4.69) is 47.9 Å². The molecule has 1 N–H and O–H groups in total. The van der Waals surface area contributed by atoms with Crippen LogP contribution in [0.4, 0.5) is 0 Å². The minimum absolute atomic E-state index is 0.000866. The van der Waals surface area contributed by atoms with Gasteiger partial charge in [-0.2, -0.15) is 0 Å². The Bertz CT molecular complexity index is 937.